The van der Waals surface area contributed by atoms with Crippen molar-refractivity contribution in [3.8, 4) is 5.75 Å². The number of rotatable bonds is 4. The van der Waals surface area contributed by atoms with Crippen molar-refractivity contribution in [2.75, 3.05) is 12.4 Å². The van der Waals surface area contributed by atoms with E-state index in [9.17, 15) is 4.79 Å². The fourth-order valence-corrected chi connectivity index (χ4v) is 4.58. The predicted molar refractivity (Wildman–Crippen MR) is 84.3 cm³/mol. The van der Waals surface area contributed by atoms with Crippen molar-refractivity contribution in [1.82, 2.24) is 0 Å². The summed E-state index contributed by atoms with van der Waals surface area (Å²) in [5, 5.41) is 3.11. The van der Waals surface area contributed by atoms with Crippen LogP contribution in [0.3, 0.4) is 0 Å². The van der Waals surface area contributed by atoms with Gasteiger partial charge in [0, 0.05) is 11.6 Å². The van der Waals surface area contributed by atoms with Crippen LogP contribution in [0.2, 0.25) is 0 Å². The molecule has 2 fully saturated rings. The molecule has 1 amide bonds. The molecule has 0 saturated heterocycles. The van der Waals surface area contributed by atoms with Crippen LogP contribution in [0.1, 0.15) is 33.1 Å². The number of hydrogen-bond donors (Lipinski definition) is 1. The minimum absolute atomic E-state index is 0.200. The Morgan fingerprint density at radius 3 is 2.48 bits per heavy atom. The third-order valence-electron chi connectivity index (χ3n) is 5.41. The van der Waals surface area contributed by atoms with Crippen LogP contribution in [0.4, 0.5) is 5.69 Å². The van der Waals surface area contributed by atoms with E-state index in [1.165, 1.54) is 19.3 Å². The first-order valence-electron chi connectivity index (χ1n) is 8.05. The van der Waals surface area contributed by atoms with E-state index in [0.717, 1.165) is 17.4 Å². The second-order valence-corrected chi connectivity index (χ2v) is 6.90. The third-order valence-corrected chi connectivity index (χ3v) is 5.41. The van der Waals surface area contributed by atoms with Gasteiger partial charge in [0.1, 0.15) is 5.75 Å². The molecule has 1 aromatic carbocycles. The number of carbonyl (C=O) groups excluding carboxylic acids is 1. The Bertz CT molecular complexity index is 508. The molecule has 21 heavy (non-hydrogen) atoms. The topological polar surface area (TPSA) is 38.3 Å². The van der Waals surface area contributed by atoms with E-state index in [4.69, 9.17) is 4.74 Å². The summed E-state index contributed by atoms with van der Waals surface area (Å²) in [6, 6.07) is 7.59. The van der Waals surface area contributed by atoms with Gasteiger partial charge in [-0.15, -0.1) is 0 Å². The predicted octanol–water partition coefficient (Wildman–Crippen LogP) is 3.95. The number of carbonyl (C=O) groups is 1. The monoisotopic (exact) mass is 287 g/mol. The molecule has 114 valence electrons. The van der Waals surface area contributed by atoms with Crippen LogP contribution in [0.15, 0.2) is 24.3 Å². The number of methoxy groups -OCH3 is 1. The van der Waals surface area contributed by atoms with Crippen molar-refractivity contribution in [1.29, 1.82) is 0 Å². The SMILES string of the molecule is COc1ccc(NC(=O)C2C3CCC(C3)C2C(C)C)cc1. The first kappa shape index (κ1) is 14.4. The molecule has 0 spiro atoms. The van der Waals surface area contributed by atoms with Crippen molar-refractivity contribution in [3.05, 3.63) is 24.3 Å². The summed E-state index contributed by atoms with van der Waals surface area (Å²) >= 11 is 0. The van der Waals surface area contributed by atoms with Gasteiger partial charge in [-0.05, 0) is 67.2 Å². The summed E-state index contributed by atoms with van der Waals surface area (Å²) in [6.07, 6.45) is 3.80. The summed E-state index contributed by atoms with van der Waals surface area (Å²) in [6.45, 7) is 4.53. The van der Waals surface area contributed by atoms with Crippen molar-refractivity contribution >= 4 is 11.6 Å². The molecule has 3 rings (SSSR count). The highest BCUT2D eigenvalue weighted by Gasteiger charge is 2.51. The summed E-state index contributed by atoms with van der Waals surface area (Å²) in [5.41, 5.74) is 0.867. The Hall–Kier alpha value is -1.51. The molecule has 1 N–H and O–H groups in total. The highest BCUT2D eigenvalue weighted by atomic mass is 16.5. The Kier molecular flexibility index (Phi) is 3.92. The van der Waals surface area contributed by atoms with E-state index in [0.29, 0.717) is 17.8 Å². The van der Waals surface area contributed by atoms with Gasteiger partial charge in [-0.2, -0.15) is 0 Å². The smallest absolute Gasteiger partial charge is 0.228 e. The van der Waals surface area contributed by atoms with Crippen molar-refractivity contribution < 1.29 is 9.53 Å². The average molecular weight is 287 g/mol. The molecule has 3 nitrogen and oxygen atoms in total. The molecule has 2 aliphatic carbocycles. The number of fused-ring (bicyclic) bond motifs is 2. The zero-order valence-corrected chi connectivity index (χ0v) is 13.1. The standard InChI is InChI=1S/C18H25NO2/c1-11(2)16-12-4-5-13(10-12)17(16)18(20)19-14-6-8-15(21-3)9-7-14/h6-9,11-13,16-17H,4-5,10H2,1-3H3,(H,19,20). The molecule has 4 unspecified atom stereocenters. The highest BCUT2D eigenvalue weighted by Crippen LogP contribution is 2.55. The van der Waals surface area contributed by atoms with Crippen LogP contribution in [-0.4, -0.2) is 13.0 Å². The molecule has 2 aliphatic rings. The van der Waals surface area contributed by atoms with Gasteiger partial charge in [-0.25, -0.2) is 0 Å². The number of ether oxygens (including phenoxy) is 1. The minimum Gasteiger partial charge on any atom is -0.497 e. The van der Waals surface area contributed by atoms with Crippen molar-refractivity contribution in [2.45, 2.75) is 33.1 Å². The zero-order chi connectivity index (χ0) is 15.0. The lowest BCUT2D eigenvalue weighted by molar-refractivity contribution is -0.123. The van der Waals surface area contributed by atoms with Gasteiger partial charge >= 0.3 is 0 Å². The third kappa shape index (κ3) is 2.66. The molecule has 2 bridgehead atoms. The van der Waals surface area contributed by atoms with E-state index in [1.54, 1.807) is 7.11 Å². The molecule has 0 heterocycles. The van der Waals surface area contributed by atoms with E-state index in [2.05, 4.69) is 19.2 Å². The minimum atomic E-state index is 0.200. The van der Waals surface area contributed by atoms with Crippen molar-refractivity contribution in [3.63, 3.8) is 0 Å². The first-order valence-corrected chi connectivity index (χ1v) is 8.05. The van der Waals surface area contributed by atoms with Gasteiger partial charge in [-0.3, -0.25) is 4.79 Å². The molecule has 1 aromatic rings. The number of nitrogens with one attached hydrogen (secondary N) is 1. The number of hydrogen-bond acceptors (Lipinski definition) is 2. The van der Waals surface area contributed by atoms with Gasteiger partial charge in [-0.1, -0.05) is 13.8 Å². The fourth-order valence-electron chi connectivity index (χ4n) is 4.58. The maximum absolute atomic E-state index is 12.7. The van der Waals surface area contributed by atoms with E-state index in [-0.39, 0.29) is 11.8 Å². The second kappa shape index (κ2) is 5.70. The maximum Gasteiger partial charge on any atom is 0.228 e. The van der Waals surface area contributed by atoms with Crippen LogP contribution < -0.4 is 10.1 Å². The quantitative estimate of drug-likeness (QED) is 0.910. The molecular formula is C18H25NO2. The lowest BCUT2D eigenvalue weighted by Crippen LogP contribution is -2.36. The lowest BCUT2D eigenvalue weighted by Gasteiger charge is -2.33. The number of benzene rings is 1. The lowest BCUT2D eigenvalue weighted by atomic mass is 9.73. The van der Waals surface area contributed by atoms with E-state index >= 15 is 0 Å². The Balaban J connectivity index is 1.72. The largest absolute Gasteiger partial charge is 0.497 e. The summed E-state index contributed by atoms with van der Waals surface area (Å²) in [4.78, 5) is 12.7. The zero-order valence-electron chi connectivity index (χ0n) is 13.1. The van der Waals surface area contributed by atoms with Gasteiger partial charge in [0.2, 0.25) is 5.91 Å². The van der Waals surface area contributed by atoms with Crippen LogP contribution in [0, 0.1) is 29.6 Å². The number of anilines is 1. The summed E-state index contributed by atoms with van der Waals surface area (Å²) < 4.78 is 5.15. The van der Waals surface area contributed by atoms with Crippen LogP contribution >= 0.6 is 0 Å². The number of amides is 1. The average Bonchev–Trinajstić information content (AvgIpc) is 3.08. The summed E-state index contributed by atoms with van der Waals surface area (Å²) in [7, 11) is 1.65. The molecule has 0 aromatic heterocycles. The fraction of sp³-hybridized carbons (Fsp3) is 0.611. The van der Waals surface area contributed by atoms with Crippen LogP contribution in [0.25, 0.3) is 0 Å². The van der Waals surface area contributed by atoms with Gasteiger partial charge in [0.25, 0.3) is 0 Å². The Morgan fingerprint density at radius 1 is 1.19 bits per heavy atom. The molecular weight excluding hydrogens is 262 g/mol. The molecule has 0 radical (unpaired) electrons. The normalized spacial score (nSPS) is 30.7. The van der Waals surface area contributed by atoms with Crippen molar-refractivity contribution in [2.24, 2.45) is 29.6 Å². The van der Waals surface area contributed by atoms with E-state index < -0.39 is 0 Å². The second-order valence-electron chi connectivity index (χ2n) is 6.90. The maximum atomic E-state index is 12.7. The molecule has 0 aliphatic heterocycles. The summed E-state index contributed by atoms with van der Waals surface area (Å²) in [5.74, 6) is 3.74. The van der Waals surface area contributed by atoms with Gasteiger partial charge in [0.15, 0.2) is 0 Å². The van der Waals surface area contributed by atoms with Gasteiger partial charge in [0.05, 0.1) is 7.11 Å². The Morgan fingerprint density at radius 2 is 1.86 bits per heavy atom. The molecule has 4 atom stereocenters. The molecule has 2 saturated carbocycles. The Labute approximate surface area is 127 Å². The van der Waals surface area contributed by atoms with Crippen LogP contribution in [0.5, 0.6) is 5.75 Å². The molecule has 3 heteroatoms. The van der Waals surface area contributed by atoms with Crippen LogP contribution in [-0.2, 0) is 4.79 Å². The highest BCUT2D eigenvalue weighted by molar-refractivity contribution is 5.93. The first-order chi connectivity index (χ1) is 10.1. The van der Waals surface area contributed by atoms with Gasteiger partial charge < -0.3 is 10.1 Å². The van der Waals surface area contributed by atoms with E-state index in [1.807, 2.05) is 24.3 Å².